The van der Waals surface area contributed by atoms with Gasteiger partial charge in [-0.15, -0.1) is 0 Å². The Morgan fingerprint density at radius 2 is 1.76 bits per heavy atom. The molecule has 2 aromatic rings. The first-order valence-electron chi connectivity index (χ1n) is 10.1. The third kappa shape index (κ3) is 3.97. The lowest BCUT2D eigenvalue weighted by atomic mass is 9.95. The molecule has 0 spiro atoms. The lowest BCUT2D eigenvalue weighted by molar-refractivity contribution is -0.133. The van der Waals surface area contributed by atoms with Gasteiger partial charge in [0.05, 0.1) is 19.2 Å². The number of esters is 1. The van der Waals surface area contributed by atoms with Crippen LogP contribution in [0, 0.1) is 5.92 Å². The second kappa shape index (κ2) is 7.85. The Hall–Kier alpha value is -2.90. The van der Waals surface area contributed by atoms with Crippen LogP contribution in [0.3, 0.4) is 0 Å². The molecular formula is C21H26N4O4. The first-order valence-corrected chi connectivity index (χ1v) is 10.1. The number of hydrogen-bond donors (Lipinski definition) is 0. The molecule has 1 amide bonds. The minimum atomic E-state index is -0.389. The Balaban J connectivity index is 1.44. The van der Waals surface area contributed by atoms with Crippen LogP contribution >= 0.6 is 0 Å². The van der Waals surface area contributed by atoms with E-state index in [1.54, 1.807) is 35.9 Å². The van der Waals surface area contributed by atoms with E-state index in [4.69, 9.17) is 4.74 Å². The molecule has 0 radical (unpaired) electrons. The highest BCUT2D eigenvalue weighted by molar-refractivity contribution is 5.89. The van der Waals surface area contributed by atoms with Gasteiger partial charge < -0.3 is 9.64 Å². The molecule has 29 heavy (non-hydrogen) atoms. The molecule has 2 aliphatic rings. The number of carbonyl (C=O) groups excluding carboxylic acids is 2. The van der Waals surface area contributed by atoms with Gasteiger partial charge in [0, 0.05) is 32.0 Å². The number of nitrogens with zero attached hydrogens (tertiary/aromatic N) is 4. The van der Waals surface area contributed by atoms with Crippen molar-refractivity contribution in [2.75, 3.05) is 20.2 Å². The lowest BCUT2D eigenvalue weighted by Gasteiger charge is -2.31. The zero-order valence-electron chi connectivity index (χ0n) is 16.8. The number of rotatable bonds is 5. The number of amides is 1. The van der Waals surface area contributed by atoms with Crippen molar-refractivity contribution in [3.05, 3.63) is 51.7 Å². The number of likely N-dealkylation sites (tertiary alicyclic amines) is 1. The van der Waals surface area contributed by atoms with Crippen molar-refractivity contribution in [2.24, 2.45) is 13.0 Å². The summed E-state index contributed by atoms with van der Waals surface area (Å²) in [6.07, 6.45) is 3.71. The van der Waals surface area contributed by atoms with Crippen LogP contribution in [0.1, 0.15) is 53.3 Å². The molecule has 1 aromatic carbocycles. The fourth-order valence-electron chi connectivity index (χ4n) is 3.95. The van der Waals surface area contributed by atoms with Crippen molar-refractivity contribution in [1.29, 1.82) is 0 Å². The molecular weight excluding hydrogens is 372 g/mol. The molecule has 2 fully saturated rings. The highest BCUT2D eigenvalue weighted by atomic mass is 16.5. The molecule has 1 aromatic heterocycles. The summed E-state index contributed by atoms with van der Waals surface area (Å²) in [5.74, 6) is 1.11. The van der Waals surface area contributed by atoms with Crippen LogP contribution in [-0.2, 0) is 23.1 Å². The van der Waals surface area contributed by atoms with Crippen molar-refractivity contribution in [3.63, 3.8) is 0 Å². The van der Waals surface area contributed by atoms with Gasteiger partial charge in [0.25, 0.3) is 0 Å². The van der Waals surface area contributed by atoms with Crippen LogP contribution in [0.4, 0.5) is 0 Å². The molecule has 0 bridgehead atoms. The van der Waals surface area contributed by atoms with E-state index in [-0.39, 0.29) is 23.5 Å². The van der Waals surface area contributed by atoms with Gasteiger partial charge in [0.15, 0.2) is 0 Å². The summed E-state index contributed by atoms with van der Waals surface area (Å²) in [7, 11) is 3.10. The molecule has 1 aliphatic carbocycles. The third-order valence-electron chi connectivity index (χ3n) is 5.88. The number of methoxy groups -OCH3 is 1. The molecule has 0 unspecified atom stereocenters. The van der Waals surface area contributed by atoms with Crippen molar-refractivity contribution < 1.29 is 14.3 Å². The summed E-state index contributed by atoms with van der Waals surface area (Å²) in [5.41, 5.74) is 1.19. The monoisotopic (exact) mass is 398 g/mol. The fraction of sp³-hybridized carbons (Fsp3) is 0.524. The Labute approximate surface area is 169 Å². The predicted octanol–water partition coefficient (Wildman–Crippen LogP) is 1.53. The Morgan fingerprint density at radius 1 is 1.10 bits per heavy atom. The first-order chi connectivity index (χ1) is 14.0. The van der Waals surface area contributed by atoms with E-state index in [0.29, 0.717) is 18.0 Å². The van der Waals surface area contributed by atoms with Crippen molar-refractivity contribution in [2.45, 2.75) is 38.1 Å². The summed E-state index contributed by atoms with van der Waals surface area (Å²) in [5, 5.41) is 4.59. The van der Waals surface area contributed by atoms with Crippen molar-refractivity contribution in [3.8, 4) is 0 Å². The molecule has 4 rings (SSSR count). The maximum Gasteiger partial charge on any atom is 0.345 e. The summed E-state index contributed by atoms with van der Waals surface area (Å²) in [6, 6.07) is 6.97. The van der Waals surface area contributed by atoms with Crippen LogP contribution in [0.2, 0.25) is 0 Å². The van der Waals surface area contributed by atoms with Crippen molar-refractivity contribution in [1.82, 2.24) is 19.2 Å². The normalized spacial score (nSPS) is 17.4. The first kappa shape index (κ1) is 19.4. The van der Waals surface area contributed by atoms with E-state index in [2.05, 4.69) is 5.10 Å². The molecule has 1 aliphatic heterocycles. The summed E-state index contributed by atoms with van der Waals surface area (Å²) < 4.78 is 7.78. The Morgan fingerprint density at radius 3 is 2.34 bits per heavy atom. The van der Waals surface area contributed by atoms with E-state index in [1.165, 1.54) is 11.8 Å². The zero-order chi connectivity index (χ0) is 20.5. The number of hydrogen-bond acceptors (Lipinski definition) is 5. The van der Waals surface area contributed by atoms with E-state index in [9.17, 15) is 14.4 Å². The molecule has 1 saturated carbocycles. The number of aromatic nitrogens is 3. The van der Waals surface area contributed by atoms with Gasteiger partial charge in [-0.25, -0.2) is 14.3 Å². The molecule has 0 atom stereocenters. The maximum absolute atomic E-state index is 12.7. The Bertz CT molecular complexity index is 964. The van der Waals surface area contributed by atoms with Crippen LogP contribution in [0.15, 0.2) is 29.1 Å². The van der Waals surface area contributed by atoms with Gasteiger partial charge in [0.1, 0.15) is 5.82 Å². The summed E-state index contributed by atoms with van der Waals surface area (Å²) in [6.45, 7) is 1.80. The molecule has 8 heteroatoms. The molecule has 1 saturated heterocycles. The standard InChI is InChI=1S/C21H26N4O4/c1-23-18(15-9-11-24(12-10-15)19(26)16-7-8-16)22-25(21(23)28)13-14-3-5-17(6-4-14)20(27)29-2/h3-6,15-16H,7-13H2,1-2H3. The third-order valence-corrected chi connectivity index (χ3v) is 5.88. The number of piperidine rings is 1. The average molecular weight is 398 g/mol. The number of benzene rings is 1. The van der Waals surface area contributed by atoms with Crippen LogP contribution in [0.25, 0.3) is 0 Å². The van der Waals surface area contributed by atoms with Crippen LogP contribution in [-0.4, -0.2) is 51.3 Å². The molecule has 2 heterocycles. The summed E-state index contributed by atoms with van der Waals surface area (Å²) >= 11 is 0. The van der Waals surface area contributed by atoms with E-state index in [1.807, 2.05) is 4.90 Å². The van der Waals surface area contributed by atoms with E-state index >= 15 is 0 Å². The SMILES string of the molecule is COC(=O)c1ccc(Cn2nc(C3CCN(C(=O)C4CC4)CC3)n(C)c2=O)cc1. The highest BCUT2D eigenvalue weighted by Gasteiger charge is 2.35. The van der Waals surface area contributed by atoms with Gasteiger partial charge in [-0.1, -0.05) is 12.1 Å². The fourth-order valence-corrected chi connectivity index (χ4v) is 3.95. The quantitative estimate of drug-likeness (QED) is 0.713. The van der Waals surface area contributed by atoms with E-state index < -0.39 is 0 Å². The lowest BCUT2D eigenvalue weighted by Crippen LogP contribution is -2.39. The van der Waals surface area contributed by atoms with Gasteiger partial charge >= 0.3 is 11.7 Å². The van der Waals surface area contributed by atoms with Crippen molar-refractivity contribution >= 4 is 11.9 Å². The second-order valence-electron chi connectivity index (χ2n) is 7.92. The molecule has 154 valence electrons. The highest BCUT2D eigenvalue weighted by Crippen LogP contribution is 2.33. The second-order valence-corrected chi connectivity index (χ2v) is 7.92. The van der Waals surface area contributed by atoms with Gasteiger partial charge in [0.2, 0.25) is 5.91 Å². The minimum Gasteiger partial charge on any atom is -0.465 e. The predicted molar refractivity (Wildman–Crippen MR) is 106 cm³/mol. The number of ether oxygens (including phenoxy) is 1. The van der Waals surface area contributed by atoms with Crippen LogP contribution in [0.5, 0.6) is 0 Å². The molecule has 0 N–H and O–H groups in total. The van der Waals surface area contributed by atoms with Gasteiger partial charge in [-0.2, -0.15) is 5.10 Å². The molecule has 8 nitrogen and oxygen atoms in total. The van der Waals surface area contributed by atoms with Crippen LogP contribution < -0.4 is 5.69 Å². The minimum absolute atomic E-state index is 0.159. The smallest absolute Gasteiger partial charge is 0.345 e. The maximum atomic E-state index is 12.7. The zero-order valence-corrected chi connectivity index (χ0v) is 16.8. The Kier molecular flexibility index (Phi) is 5.25. The summed E-state index contributed by atoms with van der Waals surface area (Å²) in [4.78, 5) is 38.4. The van der Waals surface area contributed by atoms with Gasteiger partial charge in [-0.05, 0) is 43.4 Å². The topological polar surface area (TPSA) is 86.4 Å². The largest absolute Gasteiger partial charge is 0.465 e. The number of carbonyl (C=O) groups is 2. The average Bonchev–Trinajstić information content (AvgIpc) is 3.56. The van der Waals surface area contributed by atoms with Gasteiger partial charge in [-0.3, -0.25) is 9.36 Å². The van der Waals surface area contributed by atoms with E-state index in [0.717, 1.165) is 50.2 Å².